The summed E-state index contributed by atoms with van der Waals surface area (Å²) in [7, 11) is 0. The van der Waals surface area contributed by atoms with Gasteiger partial charge in [0.2, 0.25) is 0 Å². The number of aromatic amines is 1. The van der Waals surface area contributed by atoms with E-state index in [2.05, 4.69) is 15.4 Å². The summed E-state index contributed by atoms with van der Waals surface area (Å²) >= 11 is 0. The molecule has 0 saturated carbocycles. The van der Waals surface area contributed by atoms with Gasteiger partial charge in [0.15, 0.2) is 0 Å². The van der Waals surface area contributed by atoms with Crippen LogP contribution in [-0.2, 0) is 0 Å². The predicted octanol–water partition coefficient (Wildman–Crippen LogP) is 0.0858. The number of carbonyl (C=O) groups is 1. The Balaban J connectivity index is 2.08. The van der Waals surface area contributed by atoms with Crippen molar-refractivity contribution in [1.29, 1.82) is 0 Å². The third-order valence-electron chi connectivity index (χ3n) is 2.20. The lowest BCUT2D eigenvalue weighted by atomic mass is 10.3. The van der Waals surface area contributed by atoms with Gasteiger partial charge >= 0.3 is 0 Å². The summed E-state index contributed by atoms with van der Waals surface area (Å²) < 4.78 is 0. The van der Waals surface area contributed by atoms with E-state index < -0.39 is 0 Å². The van der Waals surface area contributed by atoms with Crippen molar-refractivity contribution < 1.29 is 10.0 Å². The Bertz CT molecular complexity index is 357. The summed E-state index contributed by atoms with van der Waals surface area (Å²) in [5.74, 6) is -0.110. The first-order valence-electron chi connectivity index (χ1n) is 4.29. The smallest absolute Gasteiger partial charge is 0.272 e. The fourth-order valence-electron chi connectivity index (χ4n) is 1.44. The van der Waals surface area contributed by atoms with E-state index in [0.717, 1.165) is 0 Å². The average Bonchev–Trinajstić information content (AvgIpc) is 2.88. The highest BCUT2D eigenvalue weighted by Gasteiger charge is 2.24. The van der Waals surface area contributed by atoms with E-state index in [1.54, 1.807) is 11.0 Å². The molecule has 0 spiro atoms. The summed E-state index contributed by atoms with van der Waals surface area (Å²) in [5, 5.41) is 17.9. The summed E-state index contributed by atoms with van der Waals surface area (Å²) in [5.41, 5.74) is 1.10. The topological polar surface area (TPSA) is 81.6 Å². The standard InChI is InChI=1S/C8H10N4O2/c13-8(7-1-3-9-10-7)12-4-2-6(5-12)11-14/h1,3,14H,2,4-5H2,(H,9,10)/b11-6-. The number of amides is 1. The lowest BCUT2D eigenvalue weighted by molar-refractivity contribution is 0.0792. The second-order valence-corrected chi connectivity index (χ2v) is 3.11. The molecule has 1 aromatic heterocycles. The molecule has 1 aromatic rings. The molecular weight excluding hydrogens is 184 g/mol. The number of hydrogen-bond donors (Lipinski definition) is 2. The lowest BCUT2D eigenvalue weighted by Crippen LogP contribution is -2.29. The van der Waals surface area contributed by atoms with Crippen molar-refractivity contribution in [2.45, 2.75) is 6.42 Å². The van der Waals surface area contributed by atoms with Crippen LogP contribution in [0.5, 0.6) is 0 Å². The fraction of sp³-hybridized carbons (Fsp3) is 0.375. The van der Waals surface area contributed by atoms with Gasteiger partial charge in [0.1, 0.15) is 5.69 Å². The Kier molecular flexibility index (Phi) is 2.18. The van der Waals surface area contributed by atoms with Crippen LogP contribution in [0.15, 0.2) is 17.4 Å². The van der Waals surface area contributed by atoms with Crippen LogP contribution in [0, 0.1) is 0 Å². The van der Waals surface area contributed by atoms with Crippen molar-refractivity contribution in [1.82, 2.24) is 15.1 Å². The molecule has 74 valence electrons. The maximum Gasteiger partial charge on any atom is 0.272 e. The van der Waals surface area contributed by atoms with Crippen LogP contribution in [0.3, 0.4) is 0 Å². The first-order chi connectivity index (χ1) is 6.81. The van der Waals surface area contributed by atoms with E-state index in [-0.39, 0.29) is 5.91 Å². The molecule has 0 radical (unpaired) electrons. The zero-order valence-corrected chi connectivity index (χ0v) is 7.47. The zero-order valence-electron chi connectivity index (χ0n) is 7.47. The van der Waals surface area contributed by atoms with Crippen molar-refractivity contribution in [3.8, 4) is 0 Å². The van der Waals surface area contributed by atoms with E-state index in [4.69, 9.17) is 5.21 Å². The van der Waals surface area contributed by atoms with Crippen LogP contribution in [0.1, 0.15) is 16.9 Å². The molecule has 0 aliphatic carbocycles. The molecule has 0 atom stereocenters. The van der Waals surface area contributed by atoms with Gasteiger partial charge in [-0.1, -0.05) is 5.16 Å². The number of aromatic nitrogens is 2. The summed E-state index contributed by atoms with van der Waals surface area (Å²) in [6.07, 6.45) is 2.17. The minimum absolute atomic E-state index is 0.110. The summed E-state index contributed by atoms with van der Waals surface area (Å²) in [6.45, 7) is 0.992. The number of oxime groups is 1. The molecule has 1 fully saturated rings. The molecule has 1 aliphatic heterocycles. The largest absolute Gasteiger partial charge is 0.411 e. The minimum atomic E-state index is -0.110. The highest BCUT2D eigenvalue weighted by atomic mass is 16.4. The predicted molar refractivity (Wildman–Crippen MR) is 48.3 cm³/mol. The minimum Gasteiger partial charge on any atom is -0.411 e. The molecular formula is C8H10N4O2. The number of H-pyrrole nitrogens is 1. The third-order valence-corrected chi connectivity index (χ3v) is 2.20. The normalized spacial score (nSPS) is 19.1. The highest BCUT2D eigenvalue weighted by molar-refractivity contribution is 5.98. The molecule has 1 saturated heterocycles. The molecule has 0 aromatic carbocycles. The van der Waals surface area contributed by atoms with Gasteiger partial charge in [0, 0.05) is 19.2 Å². The molecule has 14 heavy (non-hydrogen) atoms. The van der Waals surface area contributed by atoms with Crippen molar-refractivity contribution in [2.75, 3.05) is 13.1 Å². The van der Waals surface area contributed by atoms with Gasteiger partial charge in [-0.25, -0.2) is 0 Å². The monoisotopic (exact) mass is 194 g/mol. The Hall–Kier alpha value is -1.85. The van der Waals surface area contributed by atoms with Crippen LogP contribution in [0.25, 0.3) is 0 Å². The van der Waals surface area contributed by atoms with Crippen LogP contribution in [0.2, 0.25) is 0 Å². The van der Waals surface area contributed by atoms with Crippen LogP contribution >= 0.6 is 0 Å². The van der Waals surface area contributed by atoms with Crippen molar-refractivity contribution in [2.24, 2.45) is 5.16 Å². The van der Waals surface area contributed by atoms with Gasteiger partial charge < -0.3 is 10.1 Å². The Morgan fingerprint density at radius 1 is 1.71 bits per heavy atom. The van der Waals surface area contributed by atoms with Gasteiger partial charge in [-0.05, 0) is 6.07 Å². The number of hydrogen-bond acceptors (Lipinski definition) is 4. The molecule has 0 bridgehead atoms. The first-order valence-corrected chi connectivity index (χ1v) is 4.29. The highest BCUT2D eigenvalue weighted by Crippen LogP contribution is 2.09. The lowest BCUT2D eigenvalue weighted by Gasteiger charge is -2.12. The Morgan fingerprint density at radius 3 is 3.14 bits per heavy atom. The number of rotatable bonds is 1. The van der Waals surface area contributed by atoms with Gasteiger partial charge in [-0.15, -0.1) is 0 Å². The van der Waals surface area contributed by atoms with Crippen LogP contribution in [-0.4, -0.2) is 45.0 Å². The van der Waals surface area contributed by atoms with Crippen molar-refractivity contribution >= 4 is 11.6 Å². The van der Waals surface area contributed by atoms with E-state index in [9.17, 15) is 4.79 Å². The molecule has 2 heterocycles. The van der Waals surface area contributed by atoms with Crippen molar-refractivity contribution in [3.63, 3.8) is 0 Å². The Morgan fingerprint density at radius 2 is 2.57 bits per heavy atom. The summed E-state index contributed by atoms with van der Waals surface area (Å²) in [6, 6.07) is 1.62. The Labute approximate surface area is 80.2 Å². The maximum atomic E-state index is 11.7. The molecule has 6 heteroatoms. The van der Waals surface area contributed by atoms with E-state index >= 15 is 0 Å². The molecule has 2 rings (SSSR count). The van der Waals surface area contributed by atoms with Crippen molar-refractivity contribution in [3.05, 3.63) is 18.0 Å². The van der Waals surface area contributed by atoms with Gasteiger partial charge in [0.05, 0.1) is 12.3 Å². The second kappa shape index (κ2) is 3.49. The SMILES string of the molecule is O=C(c1ccn[nH]1)N1CC/C(=N/O)C1. The van der Waals surface area contributed by atoms with Crippen LogP contribution < -0.4 is 0 Å². The van der Waals surface area contributed by atoms with E-state index in [0.29, 0.717) is 30.9 Å². The van der Waals surface area contributed by atoms with Gasteiger partial charge in [-0.3, -0.25) is 9.89 Å². The number of nitrogens with one attached hydrogen (secondary N) is 1. The first kappa shape index (κ1) is 8.74. The van der Waals surface area contributed by atoms with E-state index in [1.807, 2.05) is 0 Å². The molecule has 2 N–H and O–H groups in total. The number of carbonyl (C=O) groups excluding carboxylic acids is 1. The molecule has 6 nitrogen and oxygen atoms in total. The average molecular weight is 194 g/mol. The van der Waals surface area contributed by atoms with Gasteiger partial charge in [0.25, 0.3) is 5.91 Å². The van der Waals surface area contributed by atoms with Gasteiger partial charge in [-0.2, -0.15) is 5.10 Å². The summed E-state index contributed by atoms with van der Waals surface area (Å²) in [4.78, 5) is 13.3. The van der Waals surface area contributed by atoms with E-state index in [1.165, 1.54) is 6.20 Å². The quantitative estimate of drug-likeness (QED) is 0.491. The molecule has 1 amide bonds. The third kappa shape index (κ3) is 1.46. The number of nitrogens with zero attached hydrogens (tertiary/aromatic N) is 3. The maximum absolute atomic E-state index is 11.7. The second-order valence-electron chi connectivity index (χ2n) is 3.11. The van der Waals surface area contributed by atoms with Crippen LogP contribution in [0.4, 0.5) is 0 Å². The fourth-order valence-corrected chi connectivity index (χ4v) is 1.44. The molecule has 1 aliphatic rings. The zero-order chi connectivity index (χ0) is 9.97. The molecule has 0 unspecified atom stereocenters. The number of likely N-dealkylation sites (tertiary alicyclic amines) is 1.